The smallest absolute Gasteiger partial charge is 0.349 e. The number of anilines is 2. The van der Waals surface area contributed by atoms with E-state index in [0.717, 1.165) is 24.1 Å². The first-order chi connectivity index (χ1) is 22.0. The number of hydrogen-bond acceptors (Lipinski definition) is 7. The summed E-state index contributed by atoms with van der Waals surface area (Å²) >= 11 is 7.05. The number of aromatic nitrogens is 4. The Balaban J connectivity index is 1.60. The molecule has 0 spiro atoms. The van der Waals surface area contributed by atoms with Crippen LogP contribution in [0.5, 0.6) is 0 Å². The summed E-state index contributed by atoms with van der Waals surface area (Å²) < 4.78 is 1.54. The predicted octanol–water partition coefficient (Wildman–Crippen LogP) is 5.89. The van der Waals surface area contributed by atoms with Gasteiger partial charge in [-0.1, -0.05) is 50.2 Å². The first-order valence-corrected chi connectivity index (χ1v) is 16.1. The summed E-state index contributed by atoms with van der Waals surface area (Å²) in [5.74, 6) is 0.310. The summed E-state index contributed by atoms with van der Waals surface area (Å²) in [5, 5.41) is 3.99. The number of para-hydroxylation sites is 1. The summed E-state index contributed by atoms with van der Waals surface area (Å²) in [5.41, 5.74) is 3.78. The van der Waals surface area contributed by atoms with Crippen molar-refractivity contribution in [3.05, 3.63) is 82.0 Å². The highest BCUT2D eigenvalue weighted by atomic mass is 35.5. The molecule has 10 nitrogen and oxygen atoms in total. The number of piperazine rings is 1. The van der Waals surface area contributed by atoms with Crippen molar-refractivity contribution in [2.45, 2.75) is 65.5 Å². The summed E-state index contributed by atoms with van der Waals surface area (Å²) in [4.78, 5) is 57.9. The molecular weight excluding hydrogens is 602 g/mol. The number of nitrogens with zero attached hydrogens (tertiary/aromatic N) is 6. The molecule has 0 unspecified atom stereocenters. The number of benzene rings is 1. The van der Waals surface area contributed by atoms with Crippen molar-refractivity contribution in [2.24, 2.45) is 5.92 Å². The largest absolute Gasteiger partial charge is 0.355 e. The van der Waals surface area contributed by atoms with Crippen molar-refractivity contribution < 1.29 is 9.59 Å². The molecule has 2 fully saturated rings. The summed E-state index contributed by atoms with van der Waals surface area (Å²) in [6, 6.07) is 10.8. The van der Waals surface area contributed by atoms with E-state index in [1.165, 1.54) is 10.6 Å². The maximum atomic E-state index is 14.2. The second kappa shape index (κ2) is 12.3. The van der Waals surface area contributed by atoms with Gasteiger partial charge in [0.05, 0.1) is 33.2 Å². The molecule has 1 N–H and O–H groups in total. The first-order valence-electron chi connectivity index (χ1n) is 15.7. The quantitative estimate of drug-likeness (QED) is 0.251. The van der Waals surface area contributed by atoms with E-state index in [1.54, 1.807) is 17.2 Å². The minimum absolute atomic E-state index is 0.0120. The van der Waals surface area contributed by atoms with Crippen LogP contribution < -0.4 is 15.9 Å². The molecule has 4 aromatic rings. The number of pyridine rings is 2. The molecule has 1 aliphatic heterocycles. The third-order valence-electron chi connectivity index (χ3n) is 8.83. The number of carbonyl (C=O) groups excluding carboxylic acids is 2. The van der Waals surface area contributed by atoms with Crippen molar-refractivity contribution in [2.75, 3.05) is 23.3 Å². The van der Waals surface area contributed by atoms with Crippen LogP contribution in [0.25, 0.3) is 28.0 Å². The van der Waals surface area contributed by atoms with Gasteiger partial charge in [0.15, 0.2) is 5.65 Å². The zero-order valence-electron chi connectivity index (χ0n) is 26.7. The Morgan fingerprint density at radius 3 is 2.52 bits per heavy atom. The van der Waals surface area contributed by atoms with Crippen LogP contribution in [0.15, 0.2) is 60.0 Å². The van der Waals surface area contributed by atoms with Crippen LogP contribution in [-0.2, 0) is 9.59 Å². The lowest BCUT2D eigenvalue weighted by Crippen LogP contribution is -2.58. The highest BCUT2D eigenvalue weighted by molar-refractivity contribution is 6.34. The molecule has 2 atom stereocenters. The van der Waals surface area contributed by atoms with Gasteiger partial charge in [0.2, 0.25) is 11.8 Å². The summed E-state index contributed by atoms with van der Waals surface area (Å²) in [6.07, 6.45) is 4.82. The number of nitrogens with one attached hydrogen (secondary N) is 1. The van der Waals surface area contributed by atoms with Gasteiger partial charge in [-0.15, -0.1) is 0 Å². The molecule has 2 aliphatic rings. The fourth-order valence-electron chi connectivity index (χ4n) is 6.22. The average Bonchev–Trinajstić information content (AvgIpc) is 3.88. The topological polar surface area (TPSA) is 113 Å². The minimum atomic E-state index is -0.499. The van der Waals surface area contributed by atoms with E-state index in [2.05, 4.69) is 21.9 Å². The predicted molar refractivity (Wildman–Crippen MR) is 182 cm³/mol. The summed E-state index contributed by atoms with van der Waals surface area (Å²) in [7, 11) is 0. The molecule has 6 rings (SSSR count). The molecule has 11 heteroatoms. The van der Waals surface area contributed by atoms with Crippen LogP contribution in [0.4, 0.5) is 11.5 Å². The maximum absolute atomic E-state index is 14.2. The molecule has 0 bridgehead atoms. The van der Waals surface area contributed by atoms with Crippen molar-refractivity contribution in [1.29, 1.82) is 0 Å². The van der Waals surface area contributed by atoms with Gasteiger partial charge in [0, 0.05) is 42.9 Å². The minimum Gasteiger partial charge on any atom is -0.349 e. The van der Waals surface area contributed by atoms with Crippen LogP contribution >= 0.6 is 11.6 Å². The average molecular weight is 640 g/mol. The van der Waals surface area contributed by atoms with E-state index < -0.39 is 5.69 Å². The Morgan fingerprint density at radius 1 is 1.09 bits per heavy atom. The maximum Gasteiger partial charge on any atom is 0.355 e. The van der Waals surface area contributed by atoms with E-state index in [0.29, 0.717) is 57.6 Å². The Kier molecular flexibility index (Phi) is 8.41. The van der Waals surface area contributed by atoms with Gasteiger partial charge in [0.25, 0.3) is 0 Å². The highest BCUT2D eigenvalue weighted by Crippen LogP contribution is 2.39. The third-order valence-corrected chi connectivity index (χ3v) is 9.12. The van der Waals surface area contributed by atoms with Crippen molar-refractivity contribution in [1.82, 2.24) is 24.4 Å². The molecular formula is C35H38ClN7O3. The number of amides is 2. The Bertz CT molecular complexity index is 1930. The first kappa shape index (κ1) is 31.4. The van der Waals surface area contributed by atoms with E-state index in [4.69, 9.17) is 16.6 Å². The van der Waals surface area contributed by atoms with Crippen LogP contribution in [0.1, 0.15) is 57.7 Å². The van der Waals surface area contributed by atoms with Crippen molar-refractivity contribution in [3.8, 4) is 16.9 Å². The molecule has 1 aliphatic carbocycles. The zero-order chi connectivity index (χ0) is 32.9. The van der Waals surface area contributed by atoms with E-state index in [-0.39, 0.29) is 35.7 Å². The standard InChI is InChI=1S/C35H38ClN7O3/c1-7-28(44)41-17-22(6)42(18-21(41)5)32-25-16-26(36)30(24-10-8-9-11-27(24)38-34(45)23-12-13-23)39-33(25)43(35(46)40-32)31-20(4)14-15-37-29(31)19(2)3/h7-11,14-16,19,21-23H,1,12-13,17-18H2,2-6H3,(H,38,45)/t21-,22+/m1/s1. The second-order valence-corrected chi connectivity index (χ2v) is 13.0. The van der Waals surface area contributed by atoms with Crippen LogP contribution in [0.2, 0.25) is 5.02 Å². The zero-order valence-corrected chi connectivity index (χ0v) is 27.5. The molecule has 238 valence electrons. The second-order valence-electron chi connectivity index (χ2n) is 12.6. The molecule has 3 aromatic heterocycles. The van der Waals surface area contributed by atoms with Gasteiger partial charge in [0.1, 0.15) is 5.82 Å². The third kappa shape index (κ3) is 5.66. The Morgan fingerprint density at radius 2 is 1.83 bits per heavy atom. The van der Waals surface area contributed by atoms with Crippen molar-refractivity contribution in [3.63, 3.8) is 0 Å². The van der Waals surface area contributed by atoms with Crippen LogP contribution in [0, 0.1) is 12.8 Å². The van der Waals surface area contributed by atoms with Crippen LogP contribution in [0.3, 0.4) is 0 Å². The Hall–Kier alpha value is -4.57. The molecule has 2 amide bonds. The Labute approximate surface area is 273 Å². The molecule has 1 saturated heterocycles. The summed E-state index contributed by atoms with van der Waals surface area (Å²) in [6.45, 7) is 14.5. The van der Waals surface area contributed by atoms with Gasteiger partial charge in [-0.3, -0.25) is 14.6 Å². The van der Waals surface area contributed by atoms with E-state index >= 15 is 0 Å². The number of carbonyl (C=O) groups is 2. The van der Waals surface area contributed by atoms with Crippen molar-refractivity contribution >= 4 is 46.0 Å². The van der Waals surface area contributed by atoms with Gasteiger partial charge in [-0.2, -0.15) is 4.98 Å². The van der Waals surface area contributed by atoms with Gasteiger partial charge in [-0.05, 0) is 69.4 Å². The normalized spacial score (nSPS) is 18.2. The molecule has 4 heterocycles. The monoisotopic (exact) mass is 639 g/mol. The van der Waals surface area contributed by atoms with Gasteiger partial charge < -0.3 is 15.1 Å². The molecule has 0 radical (unpaired) electrons. The fourth-order valence-corrected chi connectivity index (χ4v) is 6.48. The van der Waals surface area contributed by atoms with Crippen LogP contribution in [-0.4, -0.2) is 61.4 Å². The van der Waals surface area contributed by atoms with E-state index in [1.807, 2.05) is 69.9 Å². The molecule has 46 heavy (non-hydrogen) atoms. The lowest BCUT2D eigenvalue weighted by atomic mass is 10.0. The fraction of sp³-hybridized carbons (Fsp3) is 0.371. The number of rotatable bonds is 7. The lowest BCUT2D eigenvalue weighted by Gasteiger charge is -2.44. The van der Waals surface area contributed by atoms with Gasteiger partial charge >= 0.3 is 5.69 Å². The SMILES string of the molecule is C=CC(=O)N1C[C@H](C)N(c2nc(=O)n(-c3c(C)ccnc3C(C)C)c3nc(-c4ccccc4NC(=O)C4CC4)c(Cl)cc23)C[C@H]1C. The molecule has 1 saturated carbocycles. The number of aryl methyl sites for hydroxylation is 1. The molecule has 1 aromatic carbocycles. The number of fused-ring (bicyclic) bond motifs is 1. The van der Waals surface area contributed by atoms with Gasteiger partial charge in [-0.25, -0.2) is 14.3 Å². The lowest BCUT2D eigenvalue weighted by molar-refractivity contribution is -0.128. The van der Waals surface area contributed by atoms with E-state index in [9.17, 15) is 14.4 Å². The number of hydrogen-bond donors (Lipinski definition) is 1. The highest BCUT2D eigenvalue weighted by Gasteiger charge is 2.34. The number of halogens is 1.